The molecular formula is C23H27NO5. The monoisotopic (exact) mass is 397 g/mol. The third-order valence-electron chi connectivity index (χ3n) is 5.29. The largest absolute Gasteiger partial charge is 0.481 e. The molecule has 1 fully saturated rings. The average Bonchev–Trinajstić information content (AvgIpc) is 2.75. The number of carbonyl (C=O) groups is 2. The summed E-state index contributed by atoms with van der Waals surface area (Å²) >= 11 is 0. The van der Waals surface area contributed by atoms with Crippen molar-refractivity contribution in [2.45, 2.75) is 25.9 Å². The molecule has 3 rings (SSSR count). The lowest BCUT2D eigenvalue weighted by Gasteiger charge is -2.28. The first-order valence-corrected chi connectivity index (χ1v) is 9.95. The van der Waals surface area contributed by atoms with Crippen LogP contribution in [0.4, 0.5) is 0 Å². The van der Waals surface area contributed by atoms with Crippen molar-refractivity contribution in [1.29, 1.82) is 0 Å². The second-order valence-electron chi connectivity index (χ2n) is 7.29. The Labute approximate surface area is 170 Å². The maximum absolute atomic E-state index is 12.4. The normalized spacial score (nSPS) is 16.6. The van der Waals surface area contributed by atoms with Crippen LogP contribution in [0.15, 0.2) is 54.6 Å². The molecule has 1 heterocycles. The lowest BCUT2D eigenvalue weighted by molar-refractivity contribution is -0.145. The van der Waals surface area contributed by atoms with Gasteiger partial charge in [0.25, 0.3) is 5.91 Å². The van der Waals surface area contributed by atoms with Crippen molar-refractivity contribution in [2.24, 2.45) is 11.8 Å². The molecule has 154 valence electrons. The van der Waals surface area contributed by atoms with Crippen molar-refractivity contribution in [3.05, 3.63) is 54.6 Å². The highest BCUT2D eigenvalue weighted by Gasteiger charge is 2.30. The molecule has 6 heteroatoms. The topological polar surface area (TPSA) is 84.9 Å². The van der Waals surface area contributed by atoms with E-state index >= 15 is 0 Å². The van der Waals surface area contributed by atoms with Gasteiger partial charge in [-0.25, -0.2) is 0 Å². The summed E-state index contributed by atoms with van der Waals surface area (Å²) in [6.45, 7) is 2.89. The third-order valence-corrected chi connectivity index (χ3v) is 5.29. The smallest absolute Gasteiger partial charge is 0.308 e. The minimum atomic E-state index is -0.887. The Bertz CT molecular complexity index is 800. The predicted molar refractivity (Wildman–Crippen MR) is 110 cm³/mol. The summed E-state index contributed by atoms with van der Waals surface area (Å²) in [4.78, 5) is 24.0. The number of nitrogens with one attached hydrogen (secondary N) is 1. The number of carboxylic acid groups (broad SMARTS) is 1. The quantitative estimate of drug-likeness (QED) is 0.713. The Hall–Kier alpha value is -2.86. The summed E-state index contributed by atoms with van der Waals surface area (Å²) in [5.41, 5.74) is 2.17. The molecule has 1 saturated heterocycles. The van der Waals surface area contributed by atoms with Crippen molar-refractivity contribution in [3.8, 4) is 16.9 Å². The molecule has 2 N–H and O–H groups in total. The van der Waals surface area contributed by atoms with Gasteiger partial charge in [-0.3, -0.25) is 9.59 Å². The predicted octanol–water partition coefficient (Wildman–Crippen LogP) is 3.36. The Kier molecular flexibility index (Phi) is 7.25. The van der Waals surface area contributed by atoms with Gasteiger partial charge in [-0.05, 0) is 48.9 Å². The van der Waals surface area contributed by atoms with Gasteiger partial charge in [0.1, 0.15) is 5.75 Å². The Morgan fingerprint density at radius 2 is 1.69 bits per heavy atom. The van der Waals surface area contributed by atoms with Crippen LogP contribution in [0.2, 0.25) is 0 Å². The molecule has 2 aromatic rings. The maximum Gasteiger partial charge on any atom is 0.308 e. The molecule has 2 unspecified atom stereocenters. The van der Waals surface area contributed by atoms with Crippen LogP contribution in [0.25, 0.3) is 11.1 Å². The number of ether oxygens (including phenoxy) is 2. The first-order valence-electron chi connectivity index (χ1n) is 9.95. The minimum Gasteiger partial charge on any atom is -0.481 e. The van der Waals surface area contributed by atoms with Gasteiger partial charge in [-0.1, -0.05) is 42.5 Å². The van der Waals surface area contributed by atoms with Crippen molar-refractivity contribution in [2.75, 3.05) is 19.8 Å². The van der Waals surface area contributed by atoms with E-state index in [0.29, 0.717) is 31.8 Å². The van der Waals surface area contributed by atoms with Crippen molar-refractivity contribution < 1.29 is 24.2 Å². The first-order chi connectivity index (χ1) is 14.0. The summed E-state index contributed by atoms with van der Waals surface area (Å²) in [6.07, 6.45) is 0.681. The standard InChI is InChI=1S/C23H27NO5/c1-16(22(25)24-15-21(23(26)27)19-11-13-28-14-12-19)29-20-9-7-18(8-10-20)17-5-3-2-4-6-17/h2-10,16,19,21H,11-15H2,1H3,(H,24,25)(H,26,27). The molecule has 0 saturated carbocycles. The summed E-state index contributed by atoms with van der Waals surface area (Å²) in [6, 6.07) is 17.5. The molecule has 0 aromatic heterocycles. The van der Waals surface area contributed by atoms with E-state index in [1.165, 1.54) is 0 Å². The highest BCUT2D eigenvalue weighted by atomic mass is 16.5. The molecule has 1 aliphatic heterocycles. The Morgan fingerprint density at radius 1 is 1.07 bits per heavy atom. The van der Waals surface area contributed by atoms with Gasteiger partial charge in [0.05, 0.1) is 5.92 Å². The zero-order chi connectivity index (χ0) is 20.6. The average molecular weight is 397 g/mol. The summed E-state index contributed by atoms with van der Waals surface area (Å²) in [5, 5.41) is 12.2. The lowest BCUT2D eigenvalue weighted by Crippen LogP contribution is -2.43. The number of amides is 1. The highest BCUT2D eigenvalue weighted by molar-refractivity contribution is 5.81. The second kappa shape index (κ2) is 10.1. The van der Waals surface area contributed by atoms with E-state index in [1.54, 1.807) is 6.92 Å². The van der Waals surface area contributed by atoms with Crippen LogP contribution in [-0.2, 0) is 14.3 Å². The van der Waals surface area contributed by atoms with Crippen LogP contribution < -0.4 is 10.1 Å². The van der Waals surface area contributed by atoms with Crippen LogP contribution in [-0.4, -0.2) is 42.8 Å². The van der Waals surface area contributed by atoms with E-state index in [0.717, 1.165) is 11.1 Å². The molecule has 0 bridgehead atoms. The number of rotatable bonds is 8. The lowest BCUT2D eigenvalue weighted by atomic mass is 9.86. The van der Waals surface area contributed by atoms with Gasteiger partial charge in [-0.15, -0.1) is 0 Å². The number of aliphatic carboxylic acids is 1. The SMILES string of the molecule is CC(Oc1ccc(-c2ccccc2)cc1)C(=O)NCC(C(=O)O)C1CCOCC1. The van der Waals surface area contributed by atoms with E-state index in [2.05, 4.69) is 5.32 Å². The summed E-state index contributed by atoms with van der Waals surface area (Å²) < 4.78 is 11.0. The maximum atomic E-state index is 12.4. The fraction of sp³-hybridized carbons (Fsp3) is 0.391. The number of benzene rings is 2. The van der Waals surface area contributed by atoms with Gasteiger partial charge in [0.15, 0.2) is 6.10 Å². The van der Waals surface area contributed by atoms with Crippen molar-refractivity contribution >= 4 is 11.9 Å². The van der Waals surface area contributed by atoms with Gasteiger partial charge in [0, 0.05) is 19.8 Å². The number of hydrogen-bond acceptors (Lipinski definition) is 4. The van der Waals surface area contributed by atoms with E-state index < -0.39 is 18.0 Å². The number of carbonyl (C=O) groups excluding carboxylic acids is 1. The molecule has 29 heavy (non-hydrogen) atoms. The van der Waals surface area contributed by atoms with Crippen molar-refractivity contribution in [3.63, 3.8) is 0 Å². The minimum absolute atomic E-state index is 0.0169. The van der Waals surface area contributed by atoms with E-state index in [-0.39, 0.29) is 18.4 Å². The fourth-order valence-corrected chi connectivity index (χ4v) is 3.54. The molecular weight excluding hydrogens is 370 g/mol. The van der Waals surface area contributed by atoms with E-state index in [4.69, 9.17) is 9.47 Å². The molecule has 1 amide bonds. The molecule has 1 aliphatic rings. The van der Waals surface area contributed by atoms with Crippen LogP contribution >= 0.6 is 0 Å². The summed E-state index contributed by atoms with van der Waals surface area (Å²) in [7, 11) is 0. The van der Waals surface area contributed by atoms with Gasteiger partial charge in [-0.2, -0.15) is 0 Å². The fourth-order valence-electron chi connectivity index (χ4n) is 3.54. The molecule has 0 aliphatic carbocycles. The van der Waals surface area contributed by atoms with Crippen LogP contribution in [0.3, 0.4) is 0 Å². The zero-order valence-electron chi connectivity index (χ0n) is 16.5. The van der Waals surface area contributed by atoms with Gasteiger partial charge < -0.3 is 19.9 Å². The molecule has 0 spiro atoms. The van der Waals surface area contributed by atoms with Crippen molar-refractivity contribution in [1.82, 2.24) is 5.32 Å². The van der Waals surface area contributed by atoms with Gasteiger partial charge in [0.2, 0.25) is 0 Å². The number of hydrogen-bond donors (Lipinski definition) is 2. The molecule has 6 nitrogen and oxygen atoms in total. The van der Waals surface area contributed by atoms with Crippen LogP contribution in [0.1, 0.15) is 19.8 Å². The zero-order valence-corrected chi connectivity index (χ0v) is 16.5. The third kappa shape index (κ3) is 5.81. The van der Waals surface area contributed by atoms with Crippen LogP contribution in [0, 0.1) is 11.8 Å². The first kappa shape index (κ1) is 20.9. The van der Waals surface area contributed by atoms with E-state index in [1.807, 2.05) is 54.6 Å². The highest BCUT2D eigenvalue weighted by Crippen LogP contribution is 2.24. The molecule has 2 aromatic carbocycles. The second-order valence-corrected chi connectivity index (χ2v) is 7.29. The molecule has 0 radical (unpaired) electrons. The Morgan fingerprint density at radius 3 is 2.31 bits per heavy atom. The van der Waals surface area contributed by atoms with Crippen LogP contribution in [0.5, 0.6) is 5.75 Å². The Balaban J connectivity index is 1.52. The number of carboxylic acids is 1. The van der Waals surface area contributed by atoms with Gasteiger partial charge >= 0.3 is 5.97 Å². The van der Waals surface area contributed by atoms with E-state index in [9.17, 15) is 14.7 Å². The summed E-state index contributed by atoms with van der Waals surface area (Å²) in [5.74, 6) is -1.22. The molecule has 2 atom stereocenters.